The molecular weight excluding hydrogens is 362 g/mol. The molecule has 1 aromatic carbocycles. The number of piperidine rings is 1. The molecule has 1 amide bonds. The van der Waals surface area contributed by atoms with Crippen LogP contribution in [0.15, 0.2) is 30.5 Å². The van der Waals surface area contributed by atoms with Gasteiger partial charge in [-0.05, 0) is 56.3 Å². The van der Waals surface area contributed by atoms with Gasteiger partial charge in [0.25, 0.3) is 5.91 Å². The van der Waals surface area contributed by atoms with Gasteiger partial charge in [0.2, 0.25) is 0 Å². The number of nitrogens with one attached hydrogen (secondary N) is 2. The van der Waals surface area contributed by atoms with Crippen LogP contribution in [0.2, 0.25) is 0 Å². The van der Waals surface area contributed by atoms with Crippen LogP contribution >= 0.6 is 12.4 Å². The lowest BCUT2D eigenvalue weighted by atomic mass is 10.00. The number of carbonyl (C=O) groups excluding carboxylic acids is 1. The van der Waals surface area contributed by atoms with E-state index >= 15 is 0 Å². The Kier molecular flexibility index (Phi) is 7.80. The fourth-order valence-electron chi connectivity index (χ4n) is 3.40. The molecule has 2 heterocycles. The molecule has 0 aliphatic carbocycles. The van der Waals surface area contributed by atoms with Crippen LogP contribution in [0, 0.1) is 5.92 Å². The fraction of sp³-hybridized carbons (Fsp3) is 0.550. The Morgan fingerprint density at radius 2 is 1.89 bits per heavy atom. The first-order chi connectivity index (χ1) is 12.5. The molecule has 3 rings (SSSR count). The summed E-state index contributed by atoms with van der Waals surface area (Å²) in [6.07, 6.45) is 4.87. The molecule has 0 bridgehead atoms. The Balaban J connectivity index is 0.00000261. The van der Waals surface area contributed by atoms with Crippen molar-refractivity contribution in [3.8, 4) is 0 Å². The molecule has 1 aliphatic rings. The maximum atomic E-state index is 12.5. The van der Waals surface area contributed by atoms with E-state index in [9.17, 15) is 4.79 Å². The molecule has 1 atom stereocenters. The molecule has 27 heavy (non-hydrogen) atoms. The summed E-state index contributed by atoms with van der Waals surface area (Å²) >= 11 is 0. The van der Waals surface area contributed by atoms with Crippen LogP contribution in [-0.2, 0) is 6.42 Å². The molecule has 0 saturated carbocycles. The Hall–Kier alpha value is -1.92. The van der Waals surface area contributed by atoms with Gasteiger partial charge in [-0.1, -0.05) is 43.3 Å². The average molecular weight is 392 g/mol. The third-order valence-corrected chi connectivity index (χ3v) is 4.90. The number of aromatic nitrogens is 3. The van der Waals surface area contributed by atoms with Crippen molar-refractivity contribution in [2.24, 2.45) is 5.92 Å². The standard InChI is InChI=1S/C20H29N5O.ClH/c1-14(2)12-16-4-6-17(7-5-16)15(3)22-20(26)19-13-25(24-23-19)18-8-10-21-11-9-18;/h4-7,13-15,18,21H,8-12H2,1-3H3,(H,22,26);1H. The normalized spacial score (nSPS) is 16.0. The van der Waals surface area contributed by atoms with E-state index in [2.05, 4.69) is 59.1 Å². The summed E-state index contributed by atoms with van der Waals surface area (Å²) in [6.45, 7) is 8.39. The number of nitrogens with zero attached hydrogens (tertiary/aromatic N) is 3. The van der Waals surface area contributed by atoms with Gasteiger partial charge in [0.05, 0.1) is 18.3 Å². The second kappa shape index (κ2) is 9.85. The first-order valence-electron chi connectivity index (χ1n) is 9.55. The zero-order valence-corrected chi connectivity index (χ0v) is 17.1. The van der Waals surface area contributed by atoms with Gasteiger partial charge in [-0.25, -0.2) is 4.68 Å². The monoisotopic (exact) mass is 391 g/mol. The van der Waals surface area contributed by atoms with Crippen molar-refractivity contribution < 1.29 is 4.79 Å². The number of carbonyl (C=O) groups is 1. The number of hydrogen-bond donors (Lipinski definition) is 2. The number of benzene rings is 1. The van der Waals surface area contributed by atoms with Crippen LogP contribution in [0.3, 0.4) is 0 Å². The van der Waals surface area contributed by atoms with Crippen molar-refractivity contribution in [3.05, 3.63) is 47.3 Å². The maximum Gasteiger partial charge on any atom is 0.273 e. The second-order valence-corrected chi connectivity index (χ2v) is 7.60. The van der Waals surface area contributed by atoms with Crippen molar-refractivity contribution >= 4 is 18.3 Å². The third-order valence-electron chi connectivity index (χ3n) is 4.90. The third kappa shape index (κ3) is 5.78. The molecule has 1 fully saturated rings. The van der Waals surface area contributed by atoms with Crippen molar-refractivity contribution in [2.75, 3.05) is 13.1 Å². The minimum atomic E-state index is -0.177. The molecule has 148 valence electrons. The highest BCUT2D eigenvalue weighted by molar-refractivity contribution is 5.92. The minimum Gasteiger partial charge on any atom is -0.344 e. The predicted octanol–water partition coefficient (Wildman–Crippen LogP) is 3.31. The topological polar surface area (TPSA) is 71.8 Å². The van der Waals surface area contributed by atoms with E-state index in [1.165, 1.54) is 5.56 Å². The van der Waals surface area contributed by atoms with Crippen LogP contribution in [-0.4, -0.2) is 34.0 Å². The summed E-state index contributed by atoms with van der Waals surface area (Å²) in [7, 11) is 0. The van der Waals surface area contributed by atoms with Crippen molar-refractivity contribution in [1.29, 1.82) is 0 Å². The van der Waals surface area contributed by atoms with Gasteiger partial charge in [0, 0.05) is 0 Å². The zero-order chi connectivity index (χ0) is 18.5. The van der Waals surface area contributed by atoms with Crippen molar-refractivity contribution in [1.82, 2.24) is 25.6 Å². The van der Waals surface area contributed by atoms with Crippen molar-refractivity contribution in [3.63, 3.8) is 0 Å². The van der Waals surface area contributed by atoms with Crippen molar-refractivity contribution in [2.45, 2.75) is 52.1 Å². The number of halogens is 1. The molecule has 0 radical (unpaired) electrons. The fourth-order valence-corrected chi connectivity index (χ4v) is 3.40. The Morgan fingerprint density at radius 3 is 2.52 bits per heavy atom. The molecule has 1 saturated heterocycles. The van der Waals surface area contributed by atoms with E-state index in [0.29, 0.717) is 17.7 Å². The molecule has 2 N–H and O–H groups in total. The summed E-state index contributed by atoms with van der Waals surface area (Å²) in [6, 6.07) is 8.73. The Labute approximate surface area is 167 Å². The SMILES string of the molecule is CC(C)Cc1ccc(C(C)NC(=O)c2cn(C3CCNCC3)nn2)cc1.Cl. The van der Waals surface area contributed by atoms with E-state index in [1.54, 1.807) is 6.20 Å². The summed E-state index contributed by atoms with van der Waals surface area (Å²) in [5.41, 5.74) is 2.80. The van der Waals surface area contributed by atoms with E-state index < -0.39 is 0 Å². The molecule has 1 unspecified atom stereocenters. The number of rotatable bonds is 6. The van der Waals surface area contributed by atoms with Crippen LogP contribution in [0.25, 0.3) is 0 Å². The molecule has 0 spiro atoms. The smallest absolute Gasteiger partial charge is 0.273 e. The number of hydrogen-bond acceptors (Lipinski definition) is 4. The minimum absolute atomic E-state index is 0. The highest BCUT2D eigenvalue weighted by atomic mass is 35.5. The second-order valence-electron chi connectivity index (χ2n) is 7.60. The van der Waals surface area contributed by atoms with E-state index in [0.717, 1.165) is 37.9 Å². The lowest BCUT2D eigenvalue weighted by Gasteiger charge is -2.22. The zero-order valence-electron chi connectivity index (χ0n) is 16.3. The summed E-state index contributed by atoms with van der Waals surface area (Å²) in [5.74, 6) is 0.462. The largest absolute Gasteiger partial charge is 0.344 e. The lowest BCUT2D eigenvalue weighted by Crippen LogP contribution is -2.29. The summed E-state index contributed by atoms with van der Waals surface area (Å²) in [5, 5.41) is 14.6. The highest BCUT2D eigenvalue weighted by Gasteiger charge is 2.19. The molecule has 6 nitrogen and oxygen atoms in total. The first kappa shape index (κ1) is 21.4. The highest BCUT2D eigenvalue weighted by Crippen LogP contribution is 2.18. The van der Waals surface area contributed by atoms with E-state index in [4.69, 9.17) is 0 Å². The van der Waals surface area contributed by atoms with Crippen LogP contribution < -0.4 is 10.6 Å². The summed E-state index contributed by atoms with van der Waals surface area (Å²) in [4.78, 5) is 12.5. The Morgan fingerprint density at radius 1 is 1.22 bits per heavy atom. The summed E-state index contributed by atoms with van der Waals surface area (Å²) < 4.78 is 1.83. The molecule has 1 aliphatic heterocycles. The van der Waals surface area contributed by atoms with Gasteiger partial charge in [-0.15, -0.1) is 17.5 Å². The van der Waals surface area contributed by atoms with Gasteiger partial charge in [-0.2, -0.15) is 0 Å². The lowest BCUT2D eigenvalue weighted by molar-refractivity contribution is 0.0934. The molecule has 1 aromatic heterocycles. The van der Waals surface area contributed by atoms with Crippen LogP contribution in [0.4, 0.5) is 0 Å². The van der Waals surface area contributed by atoms with Gasteiger partial charge in [-0.3, -0.25) is 4.79 Å². The van der Waals surface area contributed by atoms with Gasteiger partial charge in [0.15, 0.2) is 5.69 Å². The quantitative estimate of drug-likeness (QED) is 0.792. The van der Waals surface area contributed by atoms with Gasteiger partial charge in [0.1, 0.15) is 0 Å². The molecule has 2 aromatic rings. The Bertz CT molecular complexity index is 722. The van der Waals surface area contributed by atoms with E-state index in [1.807, 2.05) is 11.6 Å². The van der Waals surface area contributed by atoms with Gasteiger partial charge >= 0.3 is 0 Å². The van der Waals surface area contributed by atoms with E-state index in [-0.39, 0.29) is 24.4 Å². The average Bonchev–Trinajstić information content (AvgIpc) is 3.13. The van der Waals surface area contributed by atoms with Crippen LogP contribution in [0.1, 0.15) is 67.3 Å². The first-order valence-corrected chi connectivity index (χ1v) is 9.55. The van der Waals surface area contributed by atoms with Crippen LogP contribution in [0.5, 0.6) is 0 Å². The molecular formula is C20H30ClN5O. The predicted molar refractivity (Wildman–Crippen MR) is 109 cm³/mol. The molecule has 7 heteroatoms. The number of amides is 1. The maximum absolute atomic E-state index is 12.5. The van der Waals surface area contributed by atoms with Gasteiger partial charge < -0.3 is 10.6 Å².